The summed E-state index contributed by atoms with van der Waals surface area (Å²) in [5.41, 5.74) is 0. The molecule has 1 heteroatoms. The largest absolute Gasteiger partial charge is 0.381 e. The van der Waals surface area contributed by atoms with Gasteiger partial charge in [-0.05, 0) is 12.8 Å². The van der Waals surface area contributed by atoms with Gasteiger partial charge in [-0.1, -0.05) is 26.7 Å². The topological polar surface area (TPSA) is 9.23 Å². The van der Waals surface area contributed by atoms with Crippen LogP contribution in [0.5, 0.6) is 0 Å². The molecular weight excluding hydrogens is 112 g/mol. The van der Waals surface area contributed by atoms with Crippen molar-refractivity contribution >= 4 is 0 Å². The maximum Gasteiger partial charge on any atom is 0.0571 e. The van der Waals surface area contributed by atoms with E-state index < -0.39 is 0 Å². The fraction of sp³-hybridized carbons (Fsp3) is 1.00. The first-order chi connectivity index (χ1) is 4.43. The van der Waals surface area contributed by atoms with Crippen LogP contribution in [-0.4, -0.2) is 13.2 Å². The minimum atomic E-state index is 0.597. The summed E-state index contributed by atoms with van der Waals surface area (Å²) < 4.78 is 5.11. The molecule has 1 nitrogen and oxygen atoms in total. The van der Waals surface area contributed by atoms with Crippen molar-refractivity contribution in [3.05, 3.63) is 0 Å². The van der Waals surface area contributed by atoms with Gasteiger partial charge in [-0.15, -0.1) is 0 Å². The molecule has 1 aliphatic rings. The Balaban J connectivity index is 0.000000291. The lowest BCUT2D eigenvalue weighted by molar-refractivity contribution is 0.109. The molecule has 0 spiro atoms. The van der Waals surface area contributed by atoms with Gasteiger partial charge in [-0.3, -0.25) is 0 Å². The highest BCUT2D eigenvalue weighted by Crippen LogP contribution is 2.19. The minimum absolute atomic E-state index is 0.597. The number of hydrogen-bond donors (Lipinski definition) is 0. The van der Waals surface area contributed by atoms with E-state index in [1.807, 2.05) is 13.8 Å². The third-order valence-electron chi connectivity index (χ3n) is 1.64. The van der Waals surface area contributed by atoms with Crippen molar-refractivity contribution in [2.24, 2.45) is 0 Å². The summed E-state index contributed by atoms with van der Waals surface area (Å²) in [5, 5.41) is 0. The van der Waals surface area contributed by atoms with Gasteiger partial charge in [0.2, 0.25) is 0 Å². The van der Waals surface area contributed by atoms with Crippen molar-refractivity contribution in [2.45, 2.75) is 45.6 Å². The second-order valence-corrected chi connectivity index (χ2v) is 2.14. The van der Waals surface area contributed by atoms with Crippen LogP contribution in [0, 0.1) is 0 Å². The lowest BCUT2D eigenvalue weighted by Gasteiger charge is -2.02. The Morgan fingerprint density at radius 2 is 1.56 bits per heavy atom. The second kappa shape index (κ2) is 6.09. The van der Waals surface area contributed by atoms with Gasteiger partial charge in [0.05, 0.1) is 6.10 Å². The molecule has 0 amide bonds. The Labute approximate surface area is 58.4 Å². The molecular formula is C8H18O. The summed E-state index contributed by atoms with van der Waals surface area (Å²) in [4.78, 5) is 0. The minimum Gasteiger partial charge on any atom is -0.381 e. The number of ether oxygens (including phenoxy) is 1. The molecule has 9 heavy (non-hydrogen) atoms. The Morgan fingerprint density at radius 3 is 1.78 bits per heavy atom. The summed E-state index contributed by atoms with van der Waals surface area (Å²) in [6.07, 6.45) is 5.92. The molecule has 0 aromatic rings. The molecule has 1 fully saturated rings. The molecule has 0 aliphatic heterocycles. The summed E-state index contributed by atoms with van der Waals surface area (Å²) >= 11 is 0. The first-order valence-corrected chi connectivity index (χ1v) is 3.96. The molecule has 0 heterocycles. The zero-order valence-corrected chi connectivity index (χ0v) is 6.81. The van der Waals surface area contributed by atoms with E-state index in [9.17, 15) is 0 Å². The van der Waals surface area contributed by atoms with E-state index in [-0.39, 0.29) is 0 Å². The second-order valence-electron chi connectivity index (χ2n) is 2.14. The first-order valence-electron chi connectivity index (χ1n) is 3.96. The van der Waals surface area contributed by atoms with Crippen LogP contribution in [0.25, 0.3) is 0 Å². The van der Waals surface area contributed by atoms with Crippen molar-refractivity contribution in [3.63, 3.8) is 0 Å². The lowest BCUT2D eigenvalue weighted by atomic mass is 10.3. The maximum absolute atomic E-state index is 5.11. The fourth-order valence-corrected chi connectivity index (χ4v) is 1.12. The highest BCUT2D eigenvalue weighted by Gasteiger charge is 2.12. The van der Waals surface area contributed by atoms with Crippen LogP contribution in [0.1, 0.15) is 39.5 Å². The van der Waals surface area contributed by atoms with Crippen molar-refractivity contribution in [1.82, 2.24) is 0 Å². The van der Waals surface area contributed by atoms with Crippen LogP contribution in [0.15, 0.2) is 0 Å². The van der Waals surface area contributed by atoms with E-state index in [1.165, 1.54) is 25.7 Å². The van der Waals surface area contributed by atoms with Crippen LogP contribution >= 0.6 is 0 Å². The molecule has 0 unspecified atom stereocenters. The third-order valence-corrected chi connectivity index (χ3v) is 1.64. The van der Waals surface area contributed by atoms with Gasteiger partial charge >= 0.3 is 0 Å². The Hall–Kier alpha value is -0.0400. The highest BCUT2D eigenvalue weighted by atomic mass is 16.5. The average molecular weight is 130 g/mol. The predicted octanol–water partition coefficient (Wildman–Crippen LogP) is 2.60. The zero-order valence-electron chi connectivity index (χ0n) is 6.81. The lowest BCUT2D eigenvalue weighted by Crippen LogP contribution is -2.01. The van der Waals surface area contributed by atoms with Gasteiger partial charge in [0.25, 0.3) is 0 Å². The highest BCUT2D eigenvalue weighted by molar-refractivity contribution is 4.65. The van der Waals surface area contributed by atoms with Gasteiger partial charge in [0.15, 0.2) is 0 Å². The van der Waals surface area contributed by atoms with Crippen LogP contribution in [0.2, 0.25) is 0 Å². The van der Waals surface area contributed by atoms with Crippen LogP contribution in [-0.2, 0) is 4.74 Å². The number of hydrogen-bond acceptors (Lipinski definition) is 1. The number of rotatable bonds is 1. The summed E-state index contributed by atoms with van der Waals surface area (Å²) in [7, 11) is 1.80. The number of methoxy groups -OCH3 is 1. The van der Waals surface area contributed by atoms with Crippen molar-refractivity contribution in [2.75, 3.05) is 7.11 Å². The molecule has 0 aromatic carbocycles. The van der Waals surface area contributed by atoms with Gasteiger partial charge in [0, 0.05) is 7.11 Å². The molecule has 1 saturated carbocycles. The summed E-state index contributed by atoms with van der Waals surface area (Å²) in [6, 6.07) is 0. The Morgan fingerprint density at radius 1 is 1.11 bits per heavy atom. The Bertz CT molecular complexity index is 46.5. The summed E-state index contributed by atoms with van der Waals surface area (Å²) in [6.45, 7) is 4.00. The van der Waals surface area contributed by atoms with E-state index in [4.69, 9.17) is 4.74 Å². The van der Waals surface area contributed by atoms with Crippen LogP contribution in [0.4, 0.5) is 0 Å². The van der Waals surface area contributed by atoms with Gasteiger partial charge in [-0.25, -0.2) is 0 Å². The van der Waals surface area contributed by atoms with Gasteiger partial charge in [-0.2, -0.15) is 0 Å². The molecule has 1 aliphatic carbocycles. The molecule has 0 aromatic heterocycles. The molecule has 0 N–H and O–H groups in total. The van der Waals surface area contributed by atoms with Crippen molar-refractivity contribution in [1.29, 1.82) is 0 Å². The van der Waals surface area contributed by atoms with E-state index in [2.05, 4.69) is 0 Å². The smallest absolute Gasteiger partial charge is 0.0571 e. The maximum atomic E-state index is 5.11. The molecule has 1 rings (SSSR count). The molecule has 56 valence electrons. The van der Waals surface area contributed by atoms with E-state index in [1.54, 1.807) is 7.11 Å². The predicted molar refractivity (Wildman–Crippen MR) is 40.6 cm³/mol. The van der Waals surface area contributed by atoms with Crippen molar-refractivity contribution in [3.8, 4) is 0 Å². The van der Waals surface area contributed by atoms with Crippen LogP contribution in [0.3, 0.4) is 0 Å². The van der Waals surface area contributed by atoms with E-state index in [0.29, 0.717) is 6.10 Å². The molecule has 0 bridgehead atoms. The van der Waals surface area contributed by atoms with Crippen molar-refractivity contribution < 1.29 is 4.74 Å². The SMILES string of the molecule is CC.COC1CCCC1. The average Bonchev–Trinajstić information content (AvgIpc) is 2.43. The molecule has 0 saturated heterocycles. The normalized spacial score (nSPS) is 19.0. The quantitative estimate of drug-likeness (QED) is 0.530. The molecule has 0 radical (unpaired) electrons. The first kappa shape index (κ1) is 8.96. The third kappa shape index (κ3) is 3.52. The fourth-order valence-electron chi connectivity index (χ4n) is 1.12. The molecule has 0 atom stereocenters. The Kier molecular flexibility index (Phi) is 6.06. The van der Waals surface area contributed by atoms with Crippen LogP contribution < -0.4 is 0 Å². The van der Waals surface area contributed by atoms with E-state index in [0.717, 1.165) is 0 Å². The van der Waals surface area contributed by atoms with Gasteiger partial charge < -0.3 is 4.74 Å². The van der Waals surface area contributed by atoms with E-state index >= 15 is 0 Å². The zero-order chi connectivity index (χ0) is 7.11. The monoisotopic (exact) mass is 130 g/mol. The standard InChI is InChI=1S/C6H12O.C2H6/c1-7-6-4-2-3-5-6;1-2/h6H,2-5H2,1H3;1-2H3. The van der Waals surface area contributed by atoms with Gasteiger partial charge in [0.1, 0.15) is 0 Å². The summed E-state index contributed by atoms with van der Waals surface area (Å²) in [5.74, 6) is 0.